The van der Waals surface area contributed by atoms with Gasteiger partial charge in [-0.15, -0.1) is 0 Å². The third kappa shape index (κ3) is 5.02. The predicted octanol–water partition coefficient (Wildman–Crippen LogP) is 4.31. The molecule has 4 rings (SSSR count). The van der Waals surface area contributed by atoms with Crippen LogP contribution in [0.2, 0.25) is 5.02 Å². The zero-order valence-corrected chi connectivity index (χ0v) is 16.7. The largest absolute Gasteiger partial charge is 0.367 e. The number of ether oxygens (including phenoxy) is 1. The fraction of sp³-hybridized carbons (Fsp3) is 0.318. The fourth-order valence-electron chi connectivity index (χ4n) is 3.41. The van der Waals surface area contributed by atoms with Crippen LogP contribution in [0.15, 0.2) is 59.1 Å². The maximum Gasteiger partial charge on any atom is 0.248 e. The molecule has 1 saturated heterocycles. The highest BCUT2D eigenvalue weighted by molar-refractivity contribution is 6.30. The summed E-state index contributed by atoms with van der Waals surface area (Å²) < 4.78 is 11.0. The van der Waals surface area contributed by atoms with Crippen molar-refractivity contribution in [2.45, 2.75) is 25.4 Å². The lowest BCUT2D eigenvalue weighted by atomic mass is 9.97. The maximum absolute atomic E-state index is 12.4. The topological polar surface area (TPSA) is 68.5 Å². The van der Waals surface area contributed by atoms with E-state index in [0.717, 1.165) is 24.0 Å². The summed E-state index contributed by atoms with van der Waals surface area (Å²) in [5.74, 6) is 1.37. The number of benzene rings is 2. The van der Waals surface area contributed by atoms with Crippen LogP contribution in [0.1, 0.15) is 30.2 Å². The quantitative estimate of drug-likeness (QED) is 0.604. The van der Waals surface area contributed by atoms with Crippen LogP contribution >= 0.6 is 11.6 Å². The molecule has 0 atom stereocenters. The van der Waals surface area contributed by atoms with Gasteiger partial charge in [0.2, 0.25) is 17.6 Å². The Hall–Kier alpha value is -2.70. The molecule has 29 heavy (non-hydrogen) atoms. The van der Waals surface area contributed by atoms with Crippen LogP contribution in [-0.4, -0.2) is 40.6 Å². The van der Waals surface area contributed by atoms with E-state index in [1.54, 1.807) is 12.1 Å². The minimum Gasteiger partial charge on any atom is -0.367 e. The standard InChI is InChI=1S/C22H22ClN3O3/c23-19-8-6-17(7-9-19)21-24-22(29-25-21)18-10-12-26(13-11-18)20(27)15-28-14-16-4-2-1-3-5-16/h1-9,18H,10-15H2. The molecule has 1 aromatic heterocycles. The second-order valence-corrected chi connectivity index (χ2v) is 7.53. The molecule has 1 fully saturated rings. The van der Waals surface area contributed by atoms with Crippen molar-refractivity contribution in [1.29, 1.82) is 0 Å². The molecule has 3 aromatic rings. The van der Waals surface area contributed by atoms with Gasteiger partial charge < -0.3 is 14.2 Å². The Bertz CT molecular complexity index is 935. The minimum atomic E-state index is 0.0202. The van der Waals surface area contributed by atoms with E-state index in [0.29, 0.717) is 36.4 Å². The van der Waals surface area contributed by atoms with Gasteiger partial charge in [0.1, 0.15) is 6.61 Å². The Kier molecular flexibility index (Phi) is 6.22. The molecule has 0 bridgehead atoms. The van der Waals surface area contributed by atoms with Crippen LogP contribution in [0.25, 0.3) is 11.4 Å². The number of aromatic nitrogens is 2. The van der Waals surface area contributed by atoms with E-state index in [-0.39, 0.29) is 18.4 Å². The van der Waals surface area contributed by atoms with Crippen LogP contribution in [-0.2, 0) is 16.1 Å². The number of piperidine rings is 1. The Morgan fingerprint density at radius 2 is 1.83 bits per heavy atom. The van der Waals surface area contributed by atoms with Gasteiger partial charge in [-0.3, -0.25) is 4.79 Å². The van der Waals surface area contributed by atoms with Gasteiger partial charge in [-0.2, -0.15) is 4.98 Å². The average molecular weight is 412 g/mol. The third-order valence-electron chi connectivity index (χ3n) is 5.08. The molecule has 0 aliphatic carbocycles. The van der Waals surface area contributed by atoms with Crippen LogP contribution in [0.3, 0.4) is 0 Å². The molecule has 0 N–H and O–H groups in total. The summed E-state index contributed by atoms with van der Waals surface area (Å²) in [5.41, 5.74) is 1.93. The van der Waals surface area contributed by atoms with Crippen molar-refractivity contribution in [2.75, 3.05) is 19.7 Å². The summed E-state index contributed by atoms with van der Waals surface area (Å²) in [6.07, 6.45) is 1.60. The molecule has 7 heteroatoms. The lowest BCUT2D eigenvalue weighted by molar-refractivity contribution is -0.137. The van der Waals surface area contributed by atoms with Gasteiger partial charge >= 0.3 is 0 Å². The van der Waals surface area contributed by atoms with Crippen molar-refractivity contribution in [3.63, 3.8) is 0 Å². The van der Waals surface area contributed by atoms with Gasteiger partial charge in [0, 0.05) is 29.6 Å². The summed E-state index contributed by atoms with van der Waals surface area (Å²) in [7, 11) is 0. The molecule has 6 nitrogen and oxygen atoms in total. The summed E-state index contributed by atoms with van der Waals surface area (Å²) in [4.78, 5) is 18.8. The van der Waals surface area contributed by atoms with Crippen LogP contribution in [0, 0.1) is 0 Å². The number of nitrogens with zero attached hydrogens (tertiary/aromatic N) is 3. The first-order chi connectivity index (χ1) is 14.2. The van der Waals surface area contributed by atoms with Crippen molar-refractivity contribution in [3.05, 3.63) is 71.1 Å². The summed E-state index contributed by atoms with van der Waals surface area (Å²) in [6, 6.07) is 17.2. The Morgan fingerprint density at radius 3 is 2.55 bits per heavy atom. The highest BCUT2D eigenvalue weighted by Gasteiger charge is 2.27. The fourth-order valence-corrected chi connectivity index (χ4v) is 3.54. The second kappa shape index (κ2) is 9.20. The smallest absolute Gasteiger partial charge is 0.248 e. The number of hydrogen-bond donors (Lipinski definition) is 0. The summed E-state index contributed by atoms with van der Waals surface area (Å²) in [6.45, 7) is 1.87. The first-order valence-corrected chi connectivity index (χ1v) is 10.1. The SMILES string of the molecule is O=C(COCc1ccccc1)N1CCC(c2nc(-c3ccc(Cl)cc3)no2)CC1. The zero-order chi connectivity index (χ0) is 20.1. The van der Waals surface area contributed by atoms with E-state index in [2.05, 4.69) is 10.1 Å². The van der Waals surface area contributed by atoms with Gasteiger partial charge in [0.05, 0.1) is 6.61 Å². The van der Waals surface area contributed by atoms with Gasteiger partial charge in [0.25, 0.3) is 0 Å². The first kappa shape index (κ1) is 19.6. The first-order valence-electron chi connectivity index (χ1n) is 9.68. The van der Waals surface area contributed by atoms with Gasteiger partial charge in [-0.1, -0.05) is 47.1 Å². The molecule has 0 saturated carbocycles. The molecule has 2 heterocycles. The Morgan fingerprint density at radius 1 is 1.10 bits per heavy atom. The third-order valence-corrected chi connectivity index (χ3v) is 5.33. The Labute approximate surface area is 174 Å². The molecule has 0 unspecified atom stereocenters. The molecule has 2 aromatic carbocycles. The van der Waals surface area contributed by atoms with Crippen molar-refractivity contribution in [2.24, 2.45) is 0 Å². The van der Waals surface area contributed by atoms with Crippen molar-refractivity contribution in [3.8, 4) is 11.4 Å². The van der Waals surface area contributed by atoms with Crippen molar-refractivity contribution >= 4 is 17.5 Å². The molecular formula is C22H22ClN3O3. The predicted molar refractivity (Wildman–Crippen MR) is 109 cm³/mol. The van der Waals surface area contributed by atoms with E-state index in [1.807, 2.05) is 47.4 Å². The monoisotopic (exact) mass is 411 g/mol. The maximum atomic E-state index is 12.4. The highest BCUT2D eigenvalue weighted by Crippen LogP contribution is 2.29. The molecule has 0 spiro atoms. The van der Waals surface area contributed by atoms with Gasteiger partial charge in [-0.25, -0.2) is 0 Å². The van der Waals surface area contributed by atoms with E-state index in [4.69, 9.17) is 20.9 Å². The molecule has 1 aliphatic heterocycles. The summed E-state index contributed by atoms with van der Waals surface area (Å²) >= 11 is 5.92. The lowest BCUT2D eigenvalue weighted by Crippen LogP contribution is -2.40. The molecule has 0 radical (unpaired) electrons. The minimum absolute atomic E-state index is 0.0202. The number of likely N-dealkylation sites (tertiary alicyclic amines) is 1. The normalized spacial score (nSPS) is 14.9. The number of carbonyl (C=O) groups excluding carboxylic acids is 1. The highest BCUT2D eigenvalue weighted by atomic mass is 35.5. The molecular weight excluding hydrogens is 390 g/mol. The van der Waals surface area contributed by atoms with Crippen LogP contribution in [0.4, 0.5) is 0 Å². The average Bonchev–Trinajstić information content (AvgIpc) is 3.25. The van der Waals surface area contributed by atoms with Gasteiger partial charge in [0.15, 0.2) is 0 Å². The van der Waals surface area contributed by atoms with E-state index < -0.39 is 0 Å². The van der Waals surface area contributed by atoms with Crippen LogP contribution in [0.5, 0.6) is 0 Å². The lowest BCUT2D eigenvalue weighted by Gasteiger charge is -2.30. The zero-order valence-electron chi connectivity index (χ0n) is 16.0. The second-order valence-electron chi connectivity index (χ2n) is 7.10. The summed E-state index contributed by atoms with van der Waals surface area (Å²) in [5, 5.41) is 4.75. The van der Waals surface area contributed by atoms with Gasteiger partial charge in [-0.05, 0) is 42.7 Å². The number of hydrogen-bond acceptors (Lipinski definition) is 5. The molecule has 150 valence electrons. The van der Waals surface area contributed by atoms with Crippen molar-refractivity contribution in [1.82, 2.24) is 15.0 Å². The molecule has 1 aliphatic rings. The van der Waals surface area contributed by atoms with Crippen LogP contribution < -0.4 is 0 Å². The molecule has 1 amide bonds. The van der Waals surface area contributed by atoms with E-state index in [1.165, 1.54) is 0 Å². The van der Waals surface area contributed by atoms with E-state index >= 15 is 0 Å². The van der Waals surface area contributed by atoms with E-state index in [9.17, 15) is 4.79 Å². The number of carbonyl (C=O) groups is 1. The number of rotatable bonds is 6. The number of amides is 1. The van der Waals surface area contributed by atoms with Crippen molar-refractivity contribution < 1.29 is 14.1 Å². The Balaban J connectivity index is 1.26. The number of halogens is 1.